The van der Waals surface area contributed by atoms with Gasteiger partial charge in [-0.1, -0.05) is 0 Å². The van der Waals surface area contributed by atoms with Crippen LogP contribution in [0.15, 0.2) is 48.8 Å². The molecule has 0 radical (unpaired) electrons. The van der Waals surface area contributed by atoms with E-state index in [4.69, 9.17) is 21.7 Å². The number of thiocarbonyl (C=S) groups is 1. The fourth-order valence-corrected chi connectivity index (χ4v) is 3.22. The van der Waals surface area contributed by atoms with Crippen LogP contribution in [-0.2, 0) is 11.3 Å². The second-order valence-electron chi connectivity index (χ2n) is 6.26. The predicted molar refractivity (Wildman–Crippen MR) is 107 cm³/mol. The molecule has 3 rings (SSSR count). The highest BCUT2D eigenvalue weighted by molar-refractivity contribution is 7.80. The molecule has 0 spiro atoms. The minimum absolute atomic E-state index is 0.233. The summed E-state index contributed by atoms with van der Waals surface area (Å²) >= 11 is 5.69. The molecule has 138 valence electrons. The average molecular weight is 372 g/mol. The summed E-state index contributed by atoms with van der Waals surface area (Å²) in [6.45, 7) is 4.99. The summed E-state index contributed by atoms with van der Waals surface area (Å²) in [7, 11) is 0. The standard InChI is InChI=1S/C20H25N3O2S/c1-2-24-18-7-5-17(6-8-18)22-20(26)23(15-19-4-3-13-25-19)14-16-9-11-21-12-10-16/h5-12,19H,2-4,13-15H2,1H3,(H,22,26). The first kappa shape index (κ1) is 18.6. The maximum Gasteiger partial charge on any atom is 0.173 e. The SMILES string of the molecule is CCOc1ccc(NC(=S)N(Cc2ccncc2)CC2CCCO2)cc1. The van der Waals surface area contributed by atoms with Crippen molar-refractivity contribution in [2.75, 3.05) is 25.1 Å². The van der Waals surface area contributed by atoms with Crippen molar-refractivity contribution in [1.82, 2.24) is 9.88 Å². The summed E-state index contributed by atoms with van der Waals surface area (Å²) < 4.78 is 11.3. The minimum atomic E-state index is 0.233. The van der Waals surface area contributed by atoms with Crippen LogP contribution in [-0.4, -0.2) is 40.9 Å². The average Bonchev–Trinajstić information content (AvgIpc) is 3.17. The van der Waals surface area contributed by atoms with Gasteiger partial charge in [0.25, 0.3) is 0 Å². The Bertz CT molecular complexity index is 688. The van der Waals surface area contributed by atoms with Gasteiger partial charge < -0.3 is 19.7 Å². The molecule has 1 aromatic carbocycles. The zero-order chi connectivity index (χ0) is 18.2. The van der Waals surface area contributed by atoms with Crippen LogP contribution >= 0.6 is 12.2 Å². The molecule has 1 saturated heterocycles. The van der Waals surface area contributed by atoms with Gasteiger partial charge in [-0.2, -0.15) is 0 Å². The molecule has 0 aliphatic carbocycles. The third-order valence-electron chi connectivity index (χ3n) is 4.27. The lowest BCUT2D eigenvalue weighted by atomic mass is 10.2. The van der Waals surface area contributed by atoms with Gasteiger partial charge in [0.05, 0.1) is 12.7 Å². The molecule has 1 aromatic heterocycles. The predicted octanol–water partition coefficient (Wildman–Crippen LogP) is 3.86. The number of rotatable bonds is 7. The van der Waals surface area contributed by atoms with Gasteiger partial charge in [0.2, 0.25) is 0 Å². The van der Waals surface area contributed by atoms with E-state index in [-0.39, 0.29) is 6.10 Å². The van der Waals surface area contributed by atoms with Crippen molar-refractivity contribution in [2.24, 2.45) is 0 Å². The molecule has 0 bridgehead atoms. The first-order chi connectivity index (χ1) is 12.7. The van der Waals surface area contributed by atoms with Gasteiger partial charge in [-0.3, -0.25) is 4.98 Å². The van der Waals surface area contributed by atoms with Gasteiger partial charge in [0.15, 0.2) is 5.11 Å². The Morgan fingerprint density at radius 1 is 1.27 bits per heavy atom. The number of nitrogens with zero attached hydrogens (tertiary/aromatic N) is 2. The van der Waals surface area contributed by atoms with E-state index in [0.29, 0.717) is 11.7 Å². The van der Waals surface area contributed by atoms with Crippen molar-refractivity contribution in [3.63, 3.8) is 0 Å². The summed E-state index contributed by atoms with van der Waals surface area (Å²) in [5, 5.41) is 4.03. The van der Waals surface area contributed by atoms with Gasteiger partial charge in [-0.05, 0) is 73.9 Å². The normalized spacial score (nSPS) is 16.3. The van der Waals surface area contributed by atoms with E-state index in [1.165, 1.54) is 5.56 Å². The first-order valence-corrected chi connectivity index (χ1v) is 9.44. The van der Waals surface area contributed by atoms with E-state index in [0.717, 1.165) is 44.0 Å². The molecule has 0 saturated carbocycles. The zero-order valence-electron chi connectivity index (χ0n) is 15.1. The number of ether oxygens (including phenoxy) is 2. The van der Waals surface area contributed by atoms with Crippen molar-refractivity contribution in [2.45, 2.75) is 32.4 Å². The highest BCUT2D eigenvalue weighted by atomic mass is 32.1. The third kappa shape index (κ3) is 5.41. The second-order valence-corrected chi connectivity index (χ2v) is 6.65. The summed E-state index contributed by atoms with van der Waals surface area (Å²) in [4.78, 5) is 6.25. The van der Waals surface area contributed by atoms with Crippen molar-refractivity contribution < 1.29 is 9.47 Å². The van der Waals surface area contributed by atoms with E-state index in [9.17, 15) is 0 Å². The fourth-order valence-electron chi connectivity index (χ4n) is 2.97. The molecule has 2 heterocycles. The highest BCUT2D eigenvalue weighted by Crippen LogP contribution is 2.19. The summed E-state index contributed by atoms with van der Waals surface area (Å²) in [6, 6.07) is 11.9. The van der Waals surface area contributed by atoms with Crippen LogP contribution in [0.3, 0.4) is 0 Å². The van der Waals surface area contributed by atoms with Crippen molar-refractivity contribution in [3.05, 3.63) is 54.4 Å². The lowest BCUT2D eigenvalue weighted by molar-refractivity contribution is 0.0905. The van der Waals surface area contributed by atoms with Crippen LogP contribution in [0.4, 0.5) is 5.69 Å². The molecule has 6 heteroatoms. The highest BCUT2D eigenvalue weighted by Gasteiger charge is 2.21. The maximum absolute atomic E-state index is 5.81. The zero-order valence-corrected chi connectivity index (χ0v) is 15.9. The molecule has 1 fully saturated rings. The van der Waals surface area contributed by atoms with Crippen molar-refractivity contribution in [3.8, 4) is 5.75 Å². The van der Waals surface area contributed by atoms with E-state index < -0.39 is 0 Å². The minimum Gasteiger partial charge on any atom is -0.494 e. The largest absolute Gasteiger partial charge is 0.494 e. The smallest absolute Gasteiger partial charge is 0.173 e. The number of pyridine rings is 1. The van der Waals surface area contributed by atoms with E-state index in [2.05, 4.69) is 15.2 Å². The van der Waals surface area contributed by atoms with E-state index >= 15 is 0 Å². The summed E-state index contributed by atoms with van der Waals surface area (Å²) in [5.74, 6) is 0.858. The molecule has 1 unspecified atom stereocenters. The maximum atomic E-state index is 5.81. The summed E-state index contributed by atoms with van der Waals surface area (Å²) in [6.07, 6.45) is 6.05. The van der Waals surface area contributed by atoms with E-state index in [1.807, 2.05) is 55.7 Å². The molecular formula is C20H25N3O2S. The third-order valence-corrected chi connectivity index (χ3v) is 4.63. The molecule has 5 nitrogen and oxygen atoms in total. The van der Waals surface area contributed by atoms with Crippen LogP contribution < -0.4 is 10.1 Å². The quantitative estimate of drug-likeness (QED) is 0.746. The number of benzene rings is 1. The van der Waals surface area contributed by atoms with Crippen LogP contribution in [0.2, 0.25) is 0 Å². The Morgan fingerprint density at radius 2 is 2.04 bits per heavy atom. The Hall–Kier alpha value is -2.18. The Morgan fingerprint density at radius 3 is 2.69 bits per heavy atom. The molecule has 1 aliphatic rings. The lowest BCUT2D eigenvalue weighted by Gasteiger charge is -2.28. The number of nitrogens with one attached hydrogen (secondary N) is 1. The van der Waals surface area contributed by atoms with Crippen LogP contribution in [0.25, 0.3) is 0 Å². The van der Waals surface area contributed by atoms with Crippen molar-refractivity contribution >= 4 is 23.0 Å². The Kier molecular flexibility index (Phi) is 6.80. The fraction of sp³-hybridized carbons (Fsp3) is 0.400. The molecule has 26 heavy (non-hydrogen) atoms. The molecular weight excluding hydrogens is 346 g/mol. The van der Waals surface area contributed by atoms with Gasteiger partial charge in [-0.15, -0.1) is 0 Å². The van der Waals surface area contributed by atoms with Gasteiger partial charge >= 0.3 is 0 Å². The topological polar surface area (TPSA) is 46.6 Å². The Balaban J connectivity index is 1.66. The lowest BCUT2D eigenvalue weighted by Crippen LogP contribution is -2.39. The first-order valence-electron chi connectivity index (χ1n) is 9.04. The van der Waals surface area contributed by atoms with E-state index in [1.54, 1.807) is 0 Å². The van der Waals surface area contributed by atoms with Gasteiger partial charge in [0, 0.05) is 37.8 Å². The monoisotopic (exact) mass is 371 g/mol. The number of aromatic nitrogens is 1. The molecule has 0 amide bonds. The summed E-state index contributed by atoms with van der Waals surface area (Å²) in [5.41, 5.74) is 2.12. The van der Waals surface area contributed by atoms with Crippen molar-refractivity contribution in [1.29, 1.82) is 0 Å². The molecule has 2 aromatic rings. The molecule has 1 aliphatic heterocycles. The number of hydrogen-bond acceptors (Lipinski definition) is 4. The van der Waals surface area contributed by atoms with Crippen LogP contribution in [0, 0.1) is 0 Å². The van der Waals surface area contributed by atoms with Gasteiger partial charge in [0.1, 0.15) is 5.75 Å². The molecule has 1 N–H and O–H groups in total. The van der Waals surface area contributed by atoms with Gasteiger partial charge in [-0.25, -0.2) is 0 Å². The van der Waals surface area contributed by atoms with Crippen LogP contribution in [0.5, 0.6) is 5.75 Å². The second kappa shape index (κ2) is 9.50. The number of anilines is 1. The van der Waals surface area contributed by atoms with Crippen LogP contribution in [0.1, 0.15) is 25.3 Å². The number of hydrogen-bond donors (Lipinski definition) is 1. The molecule has 1 atom stereocenters. The Labute approximate surface area is 160 Å².